The highest BCUT2D eigenvalue weighted by atomic mass is 35.5. The van der Waals surface area contributed by atoms with Crippen molar-refractivity contribution in [1.29, 1.82) is 0 Å². The highest BCUT2D eigenvalue weighted by molar-refractivity contribution is 6.36. The van der Waals surface area contributed by atoms with Crippen LogP contribution < -0.4 is 0 Å². The maximum atomic E-state index is 13.3. The molecule has 94 valence electrons. The second-order valence-electron chi connectivity index (χ2n) is 3.88. The van der Waals surface area contributed by atoms with Gasteiger partial charge in [0.2, 0.25) is 0 Å². The quantitative estimate of drug-likeness (QED) is 0.639. The lowest BCUT2D eigenvalue weighted by molar-refractivity contribution is 0.0967. The SMILES string of the molecule is Cc1cnn(CC(=O)c2cc(F)c(Cl)cc2Cl)c1. The number of carbonyl (C=O) groups is 1. The maximum Gasteiger partial charge on any atom is 0.185 e. The first kappa shape index (κ1) is 13.1. The molecule has 0 saturated heterocycles. The van der Waals surface area contributed by atoms with Gasteiger partial charge in [-0.2, -0.15) is 5.10 Å². The minimum Gasteiger partial charge on any atom is -0.292 e. The Hall–Kier alpha value is -1.39. The Morgan fingerprint density at radius 1 is 1.39 bits per heavy atom. The molecule has 1 aromatic carbocycles. The van der Waals surface area contributed by atoms with Crippen LogP contribution in [0, 0.1) is 12.7 Å². The van der Waals surface area contributed by atoms with Crippen molar-refractivity contribution in [3.63, 3.8) is 0 Å². The minimum absolute atomic E-state index is 0.00856. The number of carbonyl (C=O) groups excluding carboxylic acids is 1. The summed E-state index contributed by atoms with van der Waals surface area (Å²) in [5.74, 6) is -0.986. The van der Waals surface area contributed by atoms with Crippen molar-refractivity contribution in [3.05, 3.63) is 51.5 Å². The first-order valence-electron chi connectivity index (χ1n) is 5.14. The van der Waals surface area contributed by atoms with Gasteiger partial charge in [0.05, 0.1) is 16.2 Å². The highest BCUT2D eigenvalue weighted by Gasteiger charge is 2.15. The number of aromatic nitrogens is 2. The molecule has 0 fully saturated rings. The van der Waals surface area contributed by atoms with Gasteiger partial charge in [0, 0.05) is 11.8 Å². The molecule has 0 aliphatic carbocycles. The number of halogens is 3. The molecule has 0 bridgehead atoms. The summed E-state index contributed by atoms with van der Waals surface area (Å²) in [6.07, 6.45) is 3.36. The number of hydrogen-bond donors (Lipinski definition) is 0. The molecular weight excluding hydrogens is 278 g/mol. The zero-order valence-corrected chi connectivity index (χ0v) is 11.0. The minimum atomic E-state index is -0.666. The van der Waals surface area contributed by atoms with Crippen LogP contribution in [-0.2, 0) is 6.54 Å². The zero-order valence-electron chi connectivity index (χ0n) is 9.45. The lowest BCUT2D eigenvalue weighted by atomic mass is 10.1. The van der Waals surface area contributed by atoms with Gasteiger partial charge in [0.15, 0.2) is 5.78 Å². The zero-order chi connectivity index (χ0) is 13.3. The Morgan fingerprint density at radius 3 is 2.72 bits per heavy atom. The van der Waals surface area contributed by atoms with Crippen LogP contribution in [0.15, 0.2) is 24.5 Å². The van der Waals surface area contributed by atoms with Gasteiger partial charge in [0.25, 0.3) is 0 Å². The molecule has 1 aromatic heterocycles. The monoisotopic (exact) mass is 286 g/mol. The van der Waals surface area contributed by atoms with Crippen LogP contribution in [0.1, 0.15) is 15.9 Å². The van der Waals surface area contributed by atoms with Gasteiger partial charge < -0.3 is 0 Å². The Balaban J connectivity index is 2.26. The molecule has 0 radical (unpaired) electrons. The standard InChI is InChI=1S/C12H9Cl2FN2O/c1-7-4-16-17(5-7)6-12(18)8-2-11(15)10(14)3-9(8)13/h2-5H,6H2,1H3. The van der Waals surface area contributed by atoms with Gasteiger partial charge in [-0.25, -0.2) is 4.39 Å². The predicted molar refractivity (Wildman–Crippen MR) is 67.7 cm³/mol. The molecule has 2 rings (SSSR count). The molecule has 3 nitrogen and oxygen atoms in total. The molecule has 0 N–H and O–H groups in total. The first-order chi connectivity index (χ1) is 8.47. The van der Waals surface area contributed by atoms with Crippen molar-refractivity contribution in [2.24, 2.45) is 0 Å². The smallest absolute Gasteiger partial charge is 0.185 e. The summed E-state index contributed by atoms with van der Waals surface area (Å²) in [4.78, 5) is 12.0. The van der Waals surface area contributed by atoms with Gasteiger partial charge in [-0.3, -0.25) is 9.48 Å². The van der Waals surface area contributed by atoms with Crippen LogP contribution in [0.25, 0.3) is 0 Å². The fourth-order valence-corrected chi connectivity index (χ4v) is 2.01. The van der Waals surface area contributed by atoms with Crippen LogP contribution in [0.4, 0.5) is 4.39 Å². The summed E-state index contributed by atoms with van der Waals surface area (Å²) in [7, 11) is 0. The fourth-order valence-electron chi connectivity index (χ4n) is 1.52. The summed E-state index contributed by atoms with van der Waals surface area (Å²) in [5, 5.41) is 4.01. The molecule has 0 atom stereocenters. The van der Waals surface area contributed by atoms with E-state index in [4.69, 9.17) is 23.2 Å². The molecular formula is C12H9Cl2FN2O. The van der Waals surface area contributed by atoms with Crippen molar-refractivity contribution in [1.82, 2.24) is 9.78 Å². The van der Waals surface area contributed by atoms with Gasteiger partial charge in [0.1, 0.15) is 12.4 Å². The van der Waals surface area contributed by atoms with E-state index in [1.54, 1.807) is 12.4 Å². The molecule has 6 heteroatoms. The largest absolute Gasteiger partial charge is 0.292 e. The van der Waals surface area contributed by atoms with Crippen LogP contribution in [-0.4, -0.2) is 15.6 Å². The molecule has 0 saturated carbocycles. The van der Waals surface area contributed by atoms with Crippen molar-refractivity contribution in [3.8, 4) is 0 Å². The van der Waals surface area contributed by atoms with Crippen LogP contribution in [0.2, 0.25) is 10.0 Å². The molecule has 0 amide bonds. The maximum absolute atomic E-state index is 13.3. The van der Waals surface area contributed by atoms with E-state index in [1.165, 1.54) is 10.7 Å². The van der Waals surface area contributed by atoms with Crippen LogP contribution in [0.3, 0.4) is 0 Å². The normalized spacial score (nSPS) is 10.7. The summed E-state index contributed by atoms with van der Waals surface area (Å²) in [6.45, 7) is 1.87. The van der Waals surface area contributed by atoms with E-state index in [2.05, 4.69) is 5.10 Å². The molecule has 0 aliphatic rings. The number of benzene rings is 1. The summed E-state index contributed by atoms with van der Waals surface area (Å²) >= 11 is 11.4. The second-order valence-corrected chi connectivity index (χ2v) is 4.70. The van der Waals surface area contributed by atoms with E-state index in [-0.39, 0.29) is 27.9 Å². The van der Waals surface area contributed by atoms with Gasteiger partial charge in [-0.05, 0) is 24.6 Å². The predicted octanol–water partition coefficient (Wildman–Crippen LogP) is 3.52. The van der Waals surface area contributed by atoms with Crippen molar-refractivity contribution < 1.29 is 9.18 Å². The number of rotatable bonds is 3. The topological polar surface area (TPSA) is 34.9 Å². The van der Waals surface area contributed by atoms with E-state index in [9.17, 15) is 9.18 Å². The van der Waals surface area contributed by atoms with Crippen molar-refractivity contribution >= 4 is 29.0 Å². The van der Waals surface area contributed by atoms with E-state index in [0.29, 0.717) is 0 Å². The van der Waals surface area contributed by atoms with Gasteiger partial charge in [-0.15, -0.1) is 0 Å². The van der Waals surface area contributed by atoms with E-state index < -0.39 is 5.82 Å². The summed E-state index contributed by atoms with van der Waals surface area (Å²) in [6, 6.07) is 2.27. The number of nitrogens with zero attached hydrogens (tertiary/aromatic N) is 2. The van der Waals surface area contributed by atoms with E-state index >= 15 is 0 Å². The second kappa shape index (κ2) is 5.08. The molecule has 2 aromatic rings. The third kappa shape index (κ3) is 2.71. The average Bonchev–Trinajstić information content (AvgIpc) is 2.69. The lowest BCUT2D eigenvalue weighted by Gasteiger charge is -2.05. The van der Waals surface area contributed by atoms with Crippen LogP contribution in [0.5, 0.6) is 0 Å². The van der Waals surface area contributed by atoms with Crippen molar-refractivity contribution in [2.75, 3.05) is 0 Å². The molecule has 0 spiro atoms. The molecule has 0 aliphatic heterocycles. The molecule has 1 heterocycles. The average molecular weight is 287 g/mol. The third-order valence-corrected chi connectivity index (χ3v) is 2.98. The molecule has 18 heavy (non-hydrogen) atoms. The summed E-state index contributed by atoms with van der Waals surface area (Å²) < 4.78 is 14.8. The fraction of sp³-hybridized carbons (Fsp3) is 0.167. The Morgan fingerprint density at radius 2 is 2.11 bits per heavy atom. The Bertz CT molecular complexity index is 610. The van der Waals surface area contributed by atoms with E-state index in [0.717, 1.165) is 11.6 Å². The van der Waals surface area contributed by atoms with Crippen LogP contribution >= 0.6 is 23.2 Å². The lowest BCUT2D eigenvalue weighted by Crippen LogP contribution is -2.11. The number of ketones is 1. The third-order valence-electron chi connectivity index (χ3n) is 2.38. The summed E-state index contributed by atoms with van der Waals surface area (Å²) in [5.41, 5.74) is 1.04. The highest BCUT2D eigenvalue weighted by Crippen LogP contribution is 2.24. The number of aryl methyl sites for hydroxylation is 1. The Labute approximate surface area is 113 Å². The van der Waals surface area contributed by atoms with Gasteiger partial charge in [-0.1, -0.05) is 23.2 Å². The molecule has 0 unspecified atom stereocenters. The van der Waals surface area contributed by atoms with Crippen molar-refractivity contribution in [2.45, 2.75) is 13.5 Å². The van der Waals surface area contributed by atoms with E-state index in [1.807, 2.05) is 6.92 Å². The number of Topliss-reactive ketones (excluding diaryl/α,β-unsaturated/α-hetero) is 1. The Kier molecular flexibility index (Phi) is 3.68. The van der Waals surface area contributed by atoms with Gasteiger partial charge >= 0.3 is 0 Å². The first-order valence-corrected chi connectivity index (χ1v) is 5.90. The number of hydrogen-bond acceptors (Lipinski definition) is 2.